The van der Waals surface area contributed by atoms with E-state index >= 15 is 0 Å². The molecule has 0 unspecified atom stereocenters. The van der Waals surface area contributed by atoms with E-state index in [4.69, 9.17) is 5.73 Å². The summed E-state index contributed by atoms with van der Waals surface area (Å²) >= 11 is 0. The van der Waals surface area contributed by atoms with Crippen LogP contribution in [-0.2, 0) is 5.41 Å². The van der Waals surface area contributed by atoms with Gasteiger partial charge in [0.25, 0.3) is 0 Å². The average molecular weight is 219 g/mol. The highest BCUT2D eigenvalue weighted by molar-refractivity contribution is 5.77. The molecular weight excluding hydrogens is 198 g/mol. The van der Waals surface area contributed by atoms with Crippen LogP contribution < -0.4 is 11.1 Å². The van der Waals surface area contributed by atoms with Gasteiger partial charge in [-0.1, -0.05) is 44.2 Å². The van der Waals surface area contributed by atoms with Gasteiger partial charge in [-0.15, -0.1) is 0 Å². The van der Waals surface area contributed by atoms with Crippen molar-refractivity contribution in [1.29, 1.82) is 0 Å². The average Bonchev–Trinajstić information content (AvgIpc) is 2.28. The molecule has 3 N–H and O–H groups in total. The van der Waals surface area contributed by atoms with E-state index in [0.29, 0.717) is 12.5 Å². The monoisotopic (exact) mass is 219 g/mol. The Bertz CT molecular complexity index is 341. The number of nitrogens with one attached hydrogen (secondary N) is 1. The van der Waals surface area contributed by atoms with Gasteiger partial charge in [0, 0.05) is 12.0 Å². The minimum absolute atomic E-state index is 0.0152. The molecule has 0 aliphatic rings. The summed E-state index contributed by atoms with van der Waals surface area (Å²) < 4.78 is 0. The zero-order chi connectivity index (χ0) is 12.0. The second-order valence-corrected chi connectivity index (χ2v) is 4.48. The van der Waals surface area contributed by atoms with E-state index in [2.05, 4.69) is 48.4 Å². The van der Waals surface area contributed by atoms with Gasteiger partial charge in [-0.25, -0.2) is 0 Å². The molecule has 1 aromatic carbocycles. The van der Waals surface area contributed by atoms with E-state index in [1.807, 2.05) is 13.0 Å². The second-order valence-electron chi connectivity index (χ2n) is 4.48. The van der Waals surface area contributed by atoms with Crippen molar-refractivity contribution in [2.75, 3.05) is 13.1 Å². The summed E-state index contributed by atoms with van der Waals surface area (Å²) in [5.74, 6) is 0.520. The standard InChI is InChI=1S/C13H21N3/c1-4-15-12(14)16-10-13(2,3)11-8-6-5-7-9-11/h5-9H,4,10H2,1-3H3,(H3,14,15,16). The van der Waals surface area contributed by atoms with Crippen molar-refractivity contribution in [3.63, 3.8) is 0 Å². The van der Waals surface area contributed by atoms with Gasteiger partial charge in [0.05, 0.1) is 6.54 Å². The fourth-order valence-corrected chi connectivity index (χ4v) is 1.50. The molecule has 3 nitrogen and oxygen atoms in total. The third kappa shape index (κ3) is 3.57. The van der Waals surface area contributed by atoms with Crippen molar-refractivity contribution >= 4 is 5.96 Å². The van der Waals surface area contributed by atoms with Crippen LogP contribution >= 0.6 is 0 Å². The zero-order valence-electron chi connectivity index (χ0n) is 10.3. The Balaban J connectivity index is 2.69. The summed E-state index contributed by atoms with van der Waals surface area (Å²) in [6.45, 7) is 7.85. The Morgan fingerprint density at radius 3 is 2.50 bits per heavy atom. The van der Waals surface area contributed by atoms with E-state index in [-0.39, 0.29) is 5.41 Å². The van der Waals surface area contributed by atoms with Crippen molar-refractivity contribution in [2.24, 2.45) is 10.7 Å². The molecule has 3 heteroatoms. The van der Waals surface area contributed by atoms with Crippen LogP contribution in [0.15, 0.2) is 35.3 Å². The number of rotatable bonds is 4. The molecule has 0 aliphatic heterocycles. The fourth-order valence-electron chi connectivity index (χ4n) is 1.50. The van der Waals surface area contributed by atoms with Crippen LogP contribution in [0.5, 0.6) is 0 Å². The van der Waals surface area contributed by atoms with Gasteiger partial charge < -0.3 is 11.1 Å². The molecule has 16 heavy (non-hydrogen) atoms. The number of hydrogen-bond acceptors (Lipinski definition) is 1. The number of nitrogens with two attached hydrogens (primary N) is 1. The molecule has 0 heterocycles. The summed E-state index contributed by atoms with van der Waals surface area (Å²) in [6.07, 6.45) is 0. The Kier molecular flexibility index (Phi) is 4.35. The van der Waals surface area contributed by atoms with Crippen molar-refractivity contribution in [1.82, 2.24) is 5.32 Å². The predicted molar refractivity (Wildman–Crippen MR) is 69.6 cm³/mol. The molecule has 0 saturated heterocycles. The molecular formula is C13H21N3. The second kappa shape index (κ2) is 5.54. The highest BCUT2D eigenvalue weighted by Gasteiger charge is 2.19. The molecule has 1 aromatic rings. The zero-order valence-corrected chi connectivity index (χ0v) is 10.3. The van der Waals surface area contributed by atoms with Gasteiger partial charge in [-0.05, 0) is 12.5 Å². The highest BCUT2D eigenvalue weighted by atomic mass is 15.1. The first-order valence-electron chi connectivity index (χ1n) is 5.65. The van der Waals surface area contributed by atoms with Gasteiger partial charge in [0.2, 0.25) is 0 Å². The predicted octanol–water partition coefficient (Wildman–Crippen LogP) is 1.89. The Morgan fingerprint density at radius 1 is 1.31 bits per heavy atom. The topological polar surface area (TPSA) is 50.4 Å². The molecule has 0 aromatic heterocycles. The summed E-state index contributed by atoms with van der Waals surface area (Å²) in [6, 6.07) is 10.4. The van der Waals surface area contributed by atoms with Gasteiger partial charge in [-0.3, -0.25) is 4.99 Å². The summed E-state index contributed by atoms with van der Waals surface area (Å²) in [4.78, 5) is 4.35. The first-order valence-corrected chi connectivity index (χ1v) is 5.65. The number of hydrogen-bond donors (Lipinski definition) is 2. The first kappa shape index (κ1) is 12.6. The lowest BCUT2D eigenvalue weighted by Crippen LogP contribution is -2.33. The van der Waals surface area contributed by atoms with Crippen LogP contribution in [0.1, 0.15) is 26.3 Å². The summed E-state index contributed by atoms with van der Waals surface area (Å²) in [7, 11) is 0. The molecule has 0 radical (unpaired) electrons. The maximum atomic E-state index is 5.71. The number of benzene rings is 1. The molecule has 0 aliphatic carbocycles. The SMILES string of the molecule is CCNC(N)=NCC(C)(C)c1ccccc1. The molecule has 0 saturated carbocycles. The Labute approximate surface area is 97.8 Å². The Morgan fingerprint density at radius 2 is 1.94 bits per heavy atom. The van der Waals surface area contributed by atoms with E-state index in [1.165, 1.54) is 5.56 Å². The highest BCUT2D eigenvalue weighted by Crippen LogP contribution is 2.22. The maximum Gasteiger partial charge on any atom is 0.188 e. The first-order chi connectivity index (χ1) is 7.56. The van der Waals surface area contributed by atoms with Crippen LogP contribution in [0.2, 0.25) is 0 Å². The van der Waals surface area contributed by atoms with Crippen LogP contribution in [-0.4, -0.2) is 19.0 Å². The fraction of sp³-hybridized carbons (Fsp3) is 0.462. The largest absolute Gasteiger partial charge is 0.370 e. The van der Waals surface area contributed by atoms with Crippen molar-refractivity contribution < 1.29 is 0 Å². The van der Waals surface area contributed by atoms with Gasteiger partial charge in [0.15, 0.2) is 5.96 Å². The summed E-state index contributed by atoms with van der Waals surface area (Å²) in [5.41, 5.74) is 7.00. The lowest BCUT2D eigenvalue weighted by Gasteiger charge is -2.23. The van der Waals surface area contributed by atoms with Gasteiger partial charge >= 0.3 is 0 Å². The minimum Gasteiger partial charge on any atom is -0.370 e. The smallest absolute Gasteiger partial charge is 0.188 e. The van der Waals surface area contributed by atoms with Crippen LogP contribution in [0.3, 0.4) is 0 Å². The lowest BCUT2D eigenvalue weighted by atomic mass is 9.85. The molecule has 0 fully saturated rings. The third-order valence-electron chi connectivity index (χ3n) is 2.56. The third-order valence-corrected chi connectivity index (χ3v) is 2.56. The molecule has 0 amide bonds. The number of guanidine groups is 1. The van der Waals surface area contributed by atoms with Crippen molar-refractivity contribution in [2.45, 2.75) is 26.2 Å². The molecule has 0 atom stereocenters. The summed E-state index contributed by atoms with van der Waals surface area (Å²) in [5, 5.41) is 3.00. The van der Waals surface area contributed by atoms with Crippen molar-refractivity contribution in [3.05, 3.63) is 35.9 Å². The van der Waals surface area contributed by atoms with E-state index < -0.39 is 0 Å². The van der Waals surface area contributed by atoms with Gasteiger partial charge in [-0.2, -0.15) is 0 Å². The Hall–Kier alpha value is -1.51. The molecule has 1 rings (SSSR count). The van der Waals surface area contributed by atoms with Crippen LogP contribution in [0.4, 0.5) is 0 Å². The molecule has 0 spiro atoms. The lowest BCUT2D eigenvalue weighted by molar-refractivity contribution is 0.539. The number of aliphatic imine (C=N–C) groups is 1. The van der Waals surface area contributed by atoms with E-state index in [9.17, 15) is 0 Å². The van der Waals surface area contributed by atoms with E-state index in [0.717, 1.165) is 6.54 Å². The normalized spacial score (nSPS) is 12.6. The maximum absolute atomic E-state index is 5.71. The quantitative estimate of drug-likeness (QED) is 0.600. The van der Waals surface area contributed by atoms with Gasteiger partial charge in [0.1, 0.15) is 0 Å². The number of nitrogens with zero attached hydrogens (tertiary/aromatic N) is 1. The van der Waals surface area contributed by atoms with Crippen LogP contribution in [0.25, 0.3) is 0 Å². The minimum atomic E-state index is 0.0152. The molecule has 88 valence electrons. The van der Waals surface area contributed by atoms with Crippen LogP contribution in [0, 0.1) is 0 Å². The van der Waals surface area contributed by atoms with Crippen molar-refractivity contribution in [3.8, 4) is 0 Å². The molecule has 0 bridgehead atoms. The van der Waals surface area contributed by atoms with E-state index in [1.54, 1.807) is 0 Å².